The van der Waals surface area contributed by atoms with Crippen molar-refractivity contribution in [2.75, 3.05) is 20.2 Å². The number of aliphatic hydroxyl groups excluding tert-OH is 1. The van der Waals surface area contributed by atoms with Crippen molar-refractivity contribution < 1.29 is 23.1 Å². The molecule has 0 aromatic rings. The van der Waals surface area contributed by atoms with Gasteiger partial charge in [-0.25, -0.2) is 4.72 Å². The van der Waals surface area contributed by atoms with E-state index >= 15 is 0 Å². The van der Waals surface area contributed by atoms with E-state index < -0.39 is 28.3 Å². The molecule has 1 saturated heterocycles. The molecule has 2 N–H and O–H groups in total. The van der Waals surface area contributed by atoms with Gasteiger partial charge in [-0.1, -0.05) is 13.8 Å². The maximum atomic E-state index is 12.0. The van der Waals surface area contributed by atoms with E-state index in [4.69, 9.17) is 0 Å². The van der Waals surface area contributed by atoms with Crippen LogP contribution in [-0.2, 0) is 19.7 Å². The fourth-order valence-corrected chi connectivity index (χ4v) is 3.34. The molecule has 0 bridgehead atoms. The summed E-state index contributed by atoms with van der Waals surface area (Å²) < 4.78 is 31.9. The van der Waals surface area contributed by atoms with Crippen LogP contribution < -0.4 is 4.72 Å². The molecular formula is C10H20N2O5S. The Bertz CT molecular complexity index is 395. The van der Waals surface area contributed by atoms with Gasteiger partial charge in [-0.05, 0) is 5.92 Å². The molecule has 8 heteroatoms. The van der Waals surface area contributed by atoms with Crippen molar-refractivity contribution in [2.45, 2.75) is 32.4 Å². The lowest BCUT2D eigenvalue weighted by Gasteiger charge is -2.22. The third kappa shape index (κ3) is 3.64. The highest BCUT2D eigenvalue weighted by Gasteiger charge is 2.43. The molecule has 1 heterocycles. The number of aliphatic hydroxyl groups is 1. The minimum absolute atomic E-state index is 0.0647. The van der Waals surface area contributed by atoms with E-state index in [1.807, 2.05) is 13.8 Å². The minimum atomic E-state index is -3.77. The Hall–Kier alpha value is -0.700. The third-order valence-electron chi connectivity index (χ3n) is 2.69. The van der Waals surface area contributed by atoms with Crippen LogP contribution in [0.4, 0.5) is 0 Å². The summed E-state index contributed by atoms with van der Waals surface area (Å²) in [6.07, 6.45) is -0.778. The zero-order chi connectivity index (χ0) is 13.9. The Balaban J connectivity index is 2.81. The lowest BCUT2D eigenvalue weighted by atomic mass is 10.2. The molecule has 0 aliphatic carbocycles. The Morgan fingerprint density at radius 1 is 1.56 bits per heavy atom. The number of carbonyl (C=O) groups is 1. The lowest BCUT2D eigenvalue weighted by Crippen LogP contribution is -2.47. The molecule has 106 valence electrons. The molecule has 1 aliphatic heterocycles. The summed E-state index contributed by atoms with van der Waals surface area (Å²) in [5.74, 6) is -0.495. The van der Waals surface area contributed by atoms with Crippen molar-refractivity contribution >= 4 is 16.2 Å². The molecular weight excluding hydrogens is 260 g/mol. The van der Waals surface area contributed by atoms with E-state index in [9.17, 15) is 18.3 Å². The summed E-state index contributed by atoms with van der Waals surface area (Å²) in [7, 11) is -2.58. The van der Waals surface area contributed by atoms with Crippen LogP contribution in [0.15, 0.2) is 0 Å². The van der Waals surface area contributed by atoms with Crippen LogP contribution in [0, 0.1) is 5.92 Å². The number of esters is 1. The molecule has 2 atom stereocenters. The second-order valence-corrected chi connectivity index (χ2v) is 6.45. The molecule has 2 unspecified atom stereocenters. The Morgan fingerprint density at radius 2 is 2.17 bits per heavy atom. The number of ether oxygens (including phenoxy) is 1. The van der Waals surface area contributed by atoms with Gasteiger partial charge in [-0.15, -0.1) is 0 Å². The van der Waals surface area contributed by atoms with Crippen molar-refractivity contribution in [2.24, 2.45) is 5.92 Å². The summed E-state index contributed by atoms with van der Waals surface area (Å²) in [5, 5.41) is 9.51. The first kappa shape index (κ1) is 15.4. The lowest BCUT2D eigenvalue weighted by molar-refractivity contribution is -0.144. The fraction of sp³-hybridized carbons (Fsp3) is 0.900. The van der Waals surface area contributed by atoms with Gasteiger partial charge in [0.15, 0.2) is 0 Å². The topological polar surface area (TPSA) is 95.9 Å². The SMILES string of the molecule is COC(=O)C1CC(O)CN1S(=O)(=O)NCC(C)C. The highest BCUT2D eigenvalue weighted by atomic mass is 32.2. The average molecular weight is 280 g/mol. The average Bonchev–Trinajstić information content (AvgIpc) is 2.68. The molecule has 1 rings (SSSR count). The molecule has 18 heavy (non-hydrogen) atoms. The second kappa shape index (κ2) is 5.96. The summed E-state index contributed by atoms with van der Waals surface area (Å²) >= 11 is 0. The zero-order valence-corrected chi connectivity index (χ0v) is 11.6. The summed E-state index contributed by atoms with van der Waals surface area (Å²) in [4.78, 5) is 11.5. The van der Waals surface area contributed by atoms with Crippen LogP contribution in [-0.4, -0.2) is 56.1 Å². The summed E-state index contributed by atoms with van der Waals surface area (Å²) in [6.45, 7) is 3.94. The molecule has 0 radical (unpaired) electrons. The van der Waals surface area contributed by atoms with Crippen molar-refractivity contribution in [3.63, 3.8) is 0 Å². The van der Waals surface area contributed by atoms with Gasteiger partial charge in [-0.3, -0.25) is 4.79 Å². The number of hydrogen-bond acceptors (Lipinski definition) is 5. The van der Waals surface area contributed by atoms with Crippen molar-refractivity contribution in [1.29, 1.82) is 0 Å². The van der Waals surface area contributed by atoms with Crippen LogP contribution in [0.2, 0.25) is 0 Å². The summed E-state index contributed by atoms with van der Waals surface area (Å²) in [5.41, 5.74) is 0. The molecule has 0 spiro atoms. The zero-order valence-electron chi connectivity index (χ0n) is 10.8. The van der Waals surface area contributed by atoms with Gasteiger partial charge in [0.05, 0.1) is 13.2 Å². The Labute approximate surface area is 107 Å². The number of methoxy groups -OCH3 is 1. The summed E-state index contributed by atoms with van der Waals surface area (Å²) in [6, 6.07) is -0.949. The number of carbonyl (C=O) groups excluding carboxylic acids is 1. The molecule has 0 aromatic heterocycles. The van der Waals surface area contributed by atoms with Gasteiger partial charge in [0.1, 0.15) is 6.04 Å². The van der Waals surface area contributed by atoms with Crippen molar-refractivity contribution in [1.82, 2.24) is 9.03 Å². The third-order valence-corrected chi connectivity index (χ3v) is 4.24. The number of rotatable bonds is 5. The smallest absolute Gasteiger partial charge is 0.324 e. The van der Waals surface area contributed by atoms with Crippen molar-refractivity contribution in [3.8, 4) is 0 Å². The predicted octanol–water partition coefficient (Wildman–Crippen LogP) is -0.915. The number of nitrogens with zero attached hydrogens (tertiary/aromatic N) is 1. The maximum absolute atomic E-state index is 12.0. The van der Waals surface area contributed by atoms with Crippen LogP contribution >= 0.6 is 0 Å². The van der Waals surface area contributed by atoms with Gasteiger partial charge in [0.25, 0.3) is 10.2 Å². The van der Waals surface area contributed by atoms with Crippen LogP contribution in [0.1, 0.15) is 20.3 Å². The van der Waals surface area contributed by atoms with Gasteiger partial charge in [-0.2, -0.15) is 12.7 Å². The number of nitrogens with one attached hydrogen (secondary N) is 1. The van der Waals surface area contributed by atoms with Crippen molar-refractivity contribution in [3.05, 3.63) is 0 Å². The molecule has 0 saturated carbocycles. The second-order valence-electron chi connectivity index (χ2n) is 4.75. The number of β-amino-alcohol motifs (C(OH)–C–C–N with tert-alkyl or cyclic N) is 1. The van der Waals surface area contributed by atoms with Gasteiger partial charge in [0.2, 0.25) is 0 Å². The molecule has 1 fully saturated rings. The largest absolute Gasteiger partial charge is 0.468 e. The van der Waals surface area contributed by atoms with Gasteiger partial charge >= 0.3 is 5.97 Å². The minimum Gasteiger partial charge on any atom is -0.468 e. The highest BCUT2D eigenvalue weighted by molar-refractivity contribution is 7.87. The van der Waals surface area contributed by atoms with E-state index in [1.165, 1.54) is 7.11 Å². The van der Waals surface area contributed by atoms with E-state index in [0.717, 1.165) is 4.31 Å². The predicted molar refractivity (Wildman–Crippen MR) is 64.9 cm³/mol. The first-order valence-electron chi connectivity index (χ1n) is 5.80. The van der Waals surface area contributed by atoms with E-state index in [2.05, 4.69) is 9.46 Å². The van der Waals surface area contributed by atoms with Gasteiger partial charge in [0, 0.05) is 19.5 Å². The standard InChI is InChI=1S/C10H20N2O5S/c1-7(2)5-11-18(15,16)12-6-8(13)4-9(12)10(14)17-3/h7-9,11,13H,4-6H2,1-3H3. The first-order valence-corrected chi connectivity index (χ1v) is 7.24. The molecule has 7 nitrogen and oxygen atoms in total. The van der Waals surface area contributed by atoms with Crippen LogP contribution in [0.5, 0.6) is 0 Å². The molecule has 1 aliphatic rings. The Kier molecular flexibility index (Phi) is 5.09. The van der Waals surface area contributed by atoms with E-state index in [1.54, 1.807) is 0 Å². The molecule has 0 amide bonds. The monoisotopic (exact) mass is 280 g/mol. The highest BCUT2D eigenvalue weighted by Crippen LogP contribution is 2.21. The first-order chi connectivity index (χ1) is 8.27. The normalized spacial score (nSPS) is 25.6. The quantitative estimate of drug-likeness (QED) is 0.635. The van der Waals surface area contributed by atoms with E-state index in [-0.39, 0.29) is 25.4 Å². The fourth-order valence-electron chi connectivity index (χ4n) is 1.76. The van der Waals surface area contributed by atoms with Crippen LogP contribution in [0.3, 0.4) is 0 Å². The Morgan fingerprint density at radius 3 is 2.67 bits per heavy atom. The molecule has 0 aromatic carbocycles. The van der Waals surface area contributed by atoms with Gasteiger partial charge < -0.3 is 9.84 Å². The van der Waals surface area contributed by atoms with E-state index in [0.29, 0.717) is 0 Å². The maximum Gasteiger partial charge on any atom is 0.324 e. The number of hydrogen-bond donors (Lipinski definition) is 2. The van der Waals surface area contributed by atoms with Crippen LogP contribution in [0.25, 0.3) is 0 Å².